The third-order valence-corrected chi connectivity index (χ3v) is 8.92. The second-order valence-electron chi connectivity index (χ2n) is 9.83. The van der Waals surface area contributed by atoms with Crippen molar-refractivity contribution in [2.24, 2.45) is 0 Å². The average Bonchev–Trinajstić information content (AvgIpc) is 3.38. The predicted octanol–water partition coefficient (Wildman–Crippen LogP) is 6.09. The van der Waals surface area contributed by atoms with Crippen molar-refractivity contribution >= 4 is 25.3 Å². The minimum absolute atomic E-state index is 0.0800. The quantitative estimate of drug-likeness (QED) is 0.412. The third kappa shape index (κ3) is 6.60. The number of amides is 1. The molecule has 2 unspecified atom stereocenters. The summed E-state index contributed by atoms with van der Waals surface area (Å²) in [5.74, 6) is 0.593. The summed E-state index contributed by atoms with van der Waals surface area (Å²) in [5.41, 5.74) is 2.28. The summed E-state index contributed by atoms with van der Waals surface area (Å²) in [6.07, 6.45) is 5.99. The summed E-state index contributed by atoms with van der Waals surface area (Å²) >= 11 is 6.25. The summed E-state index contributed by atoms with van der Waals surface area (Å²) in [6.45, 7) is 1.92. The molecule has 1 aromatic heterocycles. The lowest BCUT2D eigenvalue weighted by Gasteiger charge is -2.30. The molecule has 0 aliphatic heterocycles. The second-order valence-corrected chi connectivity index (χ2v) is 12.2. The Morgan fingerprint density at radius 3 is 2.58 bits per heavy atom. The molecule has 4 rings (SSSR count). The van der Waals surface area contributed by atoms with Crippen LogP contribution in [0.4, 0.5) is 4.79 Å². The van der Waals surface area contributed by atoms with Gasteiger partial charge in [-0.05, 0) is 69.7 Å². The highest BCUT2D eigenvalue weighted by Crippen LogP contribution is 2.48. The molecule has 2 atom stereocenters. The van der Waals surface area contributed by atoms with E-state index >= 15 is 0 Å². The summed E-state index contributed by atoms with van der Waals surface area (Å²) in [7, 11) is -2.34. The number of rotatable bonds is 7. The lowest BCUT2D eigenvalue weighted by molar-refractivity contribution is 0.0919. The van der Waals surface area contributed by atoms with Crippen molar-refractivity contribution in [1.82, 2.24) is 9.88 Å². The molecular weight excluding hydrogens is 503 g/mol. The van der Waals surface area contributed by atoms with Gasteiger partial charge in [0.25, 0.3) is 0 Å². The van der Waals surface area contributed by atoms with Crippen molar-refractivity contribution in [2.45, 2.75) is 82.7 Å². The SMILES string of the molecule is Cc1nc(-c2ccc(Cl)cc2COC(=O)N(C)C2CCCC2)ccc1OC1CCCC(P(=O)(O)O)C1. The van der Waals surface area contributed by atoms with E-state index in [1.165, 1.54) is 0 Å². The van der Waals surface area contributed by atoms with Crippen LogP contribution in [0.5, 0.6) is 5.75 Å². The second kappa shape index (κ2) is 11.5. The first-order valence-corrected chi connectivity index (χ1v) is 14.6. The molecule has 2 fully saturated rings. The van der Waals surface area contributed by atoms with Gasteiger partial charge in [0.15, 0.2) is 0 Å². The molecule has 8 nitrogen and oxygen atoms in total. The number of nitrogens with zero attached hydrogens (tertiary/aromatic N) is 2. The highest BCUT2D eigenvalue weighted by Gasteiger charge is 2.35. The highest BCUT2D eigenvalue weighted by atomic mass is 35.5. The number of benzene rings is 1. The number of halogens is 1. The Morgan fingerprint density at radius 2 is 1.89 bits per heavy atom. The van der Waals surface area contributed by atoms with E-state index in [1.807, 2.05) is 25.1 Å². The molecule has 1 aromatic carbocycles. The topological polar surface area (TPSA) is 109 Å². The van der Waals surface area contributed by atoms with Crippen LogP contribution in [-0.4, -0.2) is 50.6 Å². The molecule has 2 aromatic rings. The van der Waals surface area contributed by atoms with Crippen LogP contribution in [0.3, 0.4) is 0 Å². The molecule has 0 spiro atoms. The fraction of sp³-hybridized carbons (Fsp3) is 0.538. The Balaban J connectivity index is 1.46. The van der Waals surface area contributed by atoms with Gasteiger partial charge in [0.05, 0.1) is 23.2 Å². The number of hydrogen-bond acceptors (Lipinski definition) is 5. The first kappa shape index (κ1) is 26.9. The molecule has 2 aliphatic rings. The van der Waals surface area contributed by atoms with Crippen LogP contribution >= 0.6 is 19.2 Å². The van der Waals surface area contributed by atoms with Crippen LogP contribution in [-0.2, 0) is 15.9 Å². The van der Waals surface area contributed by atoms with Gasteiger partial charge in [-0.3, -0.25) is 4.57 Å². The van der Waals surface area contributed by atoms with Gasteiger partial charge < -0.3 is 24.2 Å². The fourth-order valence-electron chi connectivity index (χ4n) is 5.15. The Morgan fingerprint density at radius 1 is 1.14 bits per heavy atom. The van der Waals surface area contributed by atoms with Crippen molar-refractivity contribution in [3.05, 3.63) is 46.6 Å². The molecule has 2 N–H and O–H groups in total. The summed E-state index contributed by atoms with van der Waals surface area (Å²) < 4.78 is 23.4. The summed E-state index contributed by atoms with van der Waals surface area (Å²) in [6, 6.07) is 9.32. The Hall–Kier alpha value is -2.12. The van der Waals surface area contributed by atoms with Gasteiger partial charge >= 0.3 is 13.7 Å². The van der Waals surface area contributed by atoms with E-state index in [-0.39, 0.29) is 24.8 Å². The van der Waals surface area contributed by atoms with E-state index in [2.05, 4.69) is 0 Å². The van der Waals surface area contributed by atoms with Gasteiger partial charge in [-0.2, -0.15) is 0 Å². The highest BCUT2D eigenvalue weighted by molar-refractivity contribution is 7.52. The van der Waals surface area contributed by atoms with Crippen molar-refractivity contribution in [2.75, 3.05) is 7.05 Å². The van der Waals surface area contributed by atoms with Gasteiger partial charge in [-0.15, -0.1) is 0 Å². The zero-order chi connectivity index (χ0) is 25.9. The van der Waals surface area contributed by atoms with Crippen LogP contribution in [0.15, 0.2) is 30.3 Å². The normalized spacial score (nSPS) is 20.8. The van der Waals surface area contributed by atoms with Crippen molar-refractivity contribution < 1.29 is 28.6 Å². The third-order valence-electron chi connectivity index (χ3n) is 7.26. The Kier molecular flexibility index (Phi) is 8.61. The number of ether oxygens (including phenoxy) is 2. The van der Waals surface area contributed by atoms with Gasteiger partial charge in [0.1, 0.15) is 12.4 Å². The number of hydrogen-bond donors (Lipinski definition) is 2. The monoisotopic (exact) mass is 536 g/mol. The maximum atomic E-state index is 12.6. The molecule has 0 saturated heterocycles. The lowest BCUT2D eigenvalue weighted by atomic mass is 9.97. The van der Waals surface area contributed by atoms with Crippen molar-refractivity contribution in [3.8, 4) is 17.0 Å². The van der Waals surface area contributed by atoms with Crippen LogP contribution in [0.25, 0.3) is 11.3 Å². The molecule has 1 heterocycles. The first-order chi connectivity index (χ1) is 17.1. The standard InChI is InChI=1S/C26H34ClN2O6P/c1-17-25(35-21-8-5-9-22(15-21)36(31,32)33)13-12-24(28-17)23-11-10-19(27)14-18(23)16-34-26(30)29(2)20-6-3-4-7-20/h10-14,20-22H,3-9,15-16H2,1-2H3,(H2,31,32,33). The fourth-order valence-corrected chi connectivity index (χ4v) is 6.37. The molecule has 0 radical (unpaired) electrons. The van der Waals surface area contributed by atoms with E-state index in [0.29, 0.717) is 41.4 Å². The molecule has 196 valence electrons. The predicted molar refractivity (Wildman–Crippen MR) is 138 cm³/mol. The van der Waals surface area contributed by atoms with Gasteiger partial charge in [-0.25, -0.2) is 9.78 Å². The molecule has 1 amide bonds. The summed E-state index contributed by atoms with van der Waals surface area (Å²) in [5, 5.41) is 0.544. The zero-order valence-corrected chi connectivity index (χ0v) is 22.4. The van der Waals surface area contributed by atoms with Gasteiger partial charge in [-0.1, -0.05) is 30.5 Å². The number of carbonyl (C=O) groups excluding carboxylic acids is 1. The van der Waals surface area contributed by atoms with Crippen LogP contribution in [0, 0.1) is 6.92 Å². The largest absolute Gasteiger partial charge is 0.489 e. The lowest BCUT2D eigenvalue weighted by Crippen LogP contribution is -2.35. The van der Waals surface area contributed by atoms with Crippen molar-refractivity contribution in [3.63, 3.8) is 0 Å². The minimum Gasteiger partial charge on any atom is -0.489 e. The van der Waals surface area contributed by atoms with Crippen molar-refractivity contribution in [1.29, 1.82) is 0 Å². The molecule has 36 heavy (non-hydrogen) atoms. The molecular formula is C26H34ClN2O6P. The van der Waals surface area contributed by atoms with E-state index in [0.717, 1.165) is 43.2 Å². The smallest absolute Gasteiger partial charge is 0.410 e. The number of aryl methyl sites for hydroxylation is 1. The van der Waals surface area contributed by atoms with E-state index in [9.17, 15) is 19.1 Å². The van der Waals surface area contributed by atoms with E-state index in [4.69, 9.17) is 26.1 Å². The summed E-state index contributed by atoms with van der Waals surface area (Å²) in [4.78, 5) is 38.1. The van der Waals surface area contributed by atoms with Crippen LogP contribution in [0.1, 0.15) is 62.6 Å². The first-order valence-electron chi connectivity index (χ1n) is 12.5. The van der Waals surface area contributed by atoms with Crippen LogP contribution < -0.4 is 4.74 Å². The van der Waals surface area contributed by atoms with Gasteiger partial charge in [0, 0.05) is 29.2 Å². The number of aromatic nitrogens is 1. The minimum atomic E-state index is -4.12. The molecule has 2 saturated carbocycles. The zero-order valence-electron chi connectivity index (χ0n) is 20.7. The number of pyridine rings is 1. The molecule has 2 aliphatic carbocycles. The van der Waals surface area contributed by atoms with E-state index in [1.54, 1.807) is 24.1 Å². The molecule has 10 heteroatoms. The van der Waals surface area contributed by atoms with E-state index < -0.39 is 13.3 Å². The Labute approximate surface area is 217 Å². The maximum absolute atomic E-state index is 12.6. The Bertz CT molecular complexity index is 1130. The average molecular weight is 537 g/mol. The maximum Gasteiger partial charge on any atom is 0.410 e. The van der Waals surface area contributed by atoms with Gasteiger partial charge in [0.2, 0.25) is 0 Å². The van der Waals surface area contributed by atoms with Crippen LogP contribution in [0.2, 0.25) is 5.02 Å². The number of carbonyl (C=O) groups is 1. The molecule has 0 bridgehead atoms.